The maximum absolute atomic E-state index is 11.7. The van der Waals surface area contributed by atoms with Gasteiger partial charge < -0.3 is 20.3 Å². The summed E-state index contributed by atoms with van der Waals surface area (Å²) < 4.78 is 21.5. The highest BCUT2D eigenvalue weighted by Gasteiger charge is 2.45. The number of H-pyrrole nitrogens is 1. The molecule has 11 heteroatoms. The van der Waals surface area contributed by atoms with E-state index in [-0.39, 0.29) is 12.5 Å². The highest BCUT2D eigenvalue weighted by molar-refractivity contribution is 7.47. The molecule has 5 rings (SSSR count). The first-order valence-electron chi connectivity index (χ1n) is 12.8. The van der Waals surface area contributed by atoms with E-state index in [4.69, 9.17) is 20.6 Å². The molecule has 4 aromatic rings. The minimum absolute atomic E-state index is 0.113. The van der Waals surface area contributed by atoms with Gasteiger partial charge in [0.15, 0.2) is 0 Å². The second kappa shape index (κ2) is 11.8. The molecule has 1 aliphatic heterocycles. The van der Waals surface area contributed by atoms with E-state index in [0.717, 1.165) is 16.3 Å². The van der Waals surface area contributed by atoms with E-state index in [2.05, 4.69) is 15.3 Å². The van der Waals surface area contributed by atoms with Crippen molar-refractivity contribution in [1.82, 2.24) is 15.3 Å². The summed E-state index contributed by atoms with van der Waals surface area (Å²) in [6.45, 7) is 5.89. The normalized spacial score (nSPS) is 21.6. The first kappa shape index (κ1) is 29.9. The third-order valence-corrected chi connectivity index (χ3v) is 8.28. The Hall–Kier alpha value is -3.04. The Morgan fingerprint density at radius 1 is 1.20 bits per heavy atom. The van der Waals surface area contributed by atoms with Gasteiger partial charge in [0.1, 0.15) is 11.7 Å². The van der Waals surface area contributed by atoms with E-state index in [1.165, 1.54) is 0 Å². The first-order valence-corrected chi connectivity index (χ1v) is 14.7. The number of amides is 1. The fourth-order valence-corrected chi connectivity index (χ4v) is 6.07. The number of aromatic nitrogens is 2. The van der Waals surface area contributed by atoms with Gasteiger partial charge in [-0.2, -0.15) is 0 Å². The third kappa shape index (κ3) is 6.31. The summed E-state index contributed by atoms with van der Waals surface area (Å²) in [5, 5.41) is 16.1. The second-order valence-electron chi connectivity index (χ2n) is 10.3. The molecule has 0 aliphatic carbocycles. The van der Waals surface area contributed by atoms with Crippen molar-refractivity contribution in [3.05, 3.63) is 101 Å². The van der Waals surface area contributed by atoms with Gasteiger partial charge in [-0.05, 0) is 47.0 Å². The number of carbonyl (C=O) groups is 1. The van der Waals surface area contributed by atoms with Gasteiger partial charge in [0, 0.05) is 28.6 Å². The van der Waals surface area contributed by atoms with Crippen molar-refractivity contribution in [3.8, 4) is 0 Å². The van der Waals surface area contributed by atoms with Crippen LogP contribution in [0.3, 0.4) is 0 Å². The summed E-state index contributed by atoms with van der Waals surface area (Å²) in [5.74, 6) is -0.113. The van der Waals surface area contributed by atoms with Crippen LogP contribution in [0.1, 0.15) is 60.5 Å². The smallest absolute Gasteiger partial charge is 0.379 e. The van der Waals surface area contributed by atoms with Crippen LogP contribution < -0.4 is 5.32 Å². The van der Waals surface area contributed by atoms with Gasteiger partial charge in [-0.3, -0.25) is 13.8 Å². The van der Waals surface area contributed by atoms with Gasteiger partial charge in [-0.25, -0.2) is 9.55 Å². The lowest BCUT2D eigenvalue weighted by atomic mass is 9.83. The molecule has 1 fully saturated rings. The summed E-state index contributed by atoms with van der Waals surface area (Å²) in [6, 6.07) is 18.4. The van der Waals surface area contributed by atoms with Crippen molar-refractivity contribution in [1.29, 1.82) is 0 Å². The molecule has 9 nitrogen and oxygen atoms in total. The summed E-state index contributed by atoms with van der Waals surface area (Å²) in [6.07, 6.45) is 3.17. The van der Waals surface area contributed by atoms with E-state index >= 15 is 0 Å². The molecular weight excluding hydrogens is 553 g/mol. The Bertz CT molecular complexity index is 1540. The molecule has 0 spiro atoms. The van der Waals surface area contributed by atoms with Crippen LogP contribution in [0.2, 0.25) is 5.02 Å². The van der Waals surface area contributed by atoms with Crippen LogP contribution in [0, 0.1) is 5.41 Å². The molecule has 212 valence electrons. The van der Waals surface area contributed by atoms with E-state index in [1.807, 2.05) is 57.2 Å². The number of aromatic amines is 1. The molecule has 1 aromatic heterocycles. The molecule has 2 heterocycles. The predicted octanol–water partition coefficient (Wildman–Crippen LogP) is 6.12. The number of halogens is 1. The Balaban J connectivity index is 0.000000194. The summed E-state index contributed by atoms with van der Waals surface area (Å²) in [7, 11) is -2.35. The van der Waals surface area contributed by atoms with Gasteiger partial charge in [0.25, 0.3) is 5.91 Å². The zero-order valence-corrected chi connectivity index (χ0v) is 24.4. The second-order valence-corrected chi connectivity index (χ2v) is 12.1. The molecule has 0 radical (unpaired) electrons. The average molecular weight is 586 g/mol. The lowest BCUT2D eigenvalue weighted by molar-refractivity contribution is -0.0472. The van der Waals surface area contributed by atoms with Crippen LogP contribution in [0.4, 0.5) is 0 Å². The number of phosphoric acid groups is 1. The molecule has 40 heavy (non-hydrogen) atoms. The molecule has 0 bridgehead atoms. The zero-order valence-electron chi connectivity index (χ0n) is 22.7. The Kier molecular flexibility index (Phi) is 8.85. The number of phosphoric ester groups is 1. The highest BCUT2D eigenvalue weighted by Crippen LogP contribution is 2.58. The van der Waals surface area contributed by atoms with Crippen LogP contribution in [0.25, 0.3) is 10.8 Å². The quantitative estimate of drug-likeness (QED) is 0.207. The fraction of sp³-hybridized carbons (Fsp3) is 0.310. The number of hydrogen-bond acceptors (Lipinski definition) is 6. The molecule has 4 N–H and O–H groups in total. The van der Waals surface area contributed by atoms with Crippen LogP contribution in [-0.2, 0) is 19.2 Å². The van der Waals surface area contributed by atoms with Crippen molar-refractivity contribution in [2.45, 2.75) is 38.9 Å². The van der Waals surface area contributed by atoms with Gasteiger partial charge in [-0.15, -0.1) is 0 Å². The maximum atomic E-state index is 11.7. The van der Waals surface area contributed by atoms with Crippen molar-refractivity contribution < 1.29 is 28.4 Å². The molecule has 1 amide bonds. The largest absolute Gasteiger partial charge is 0.472 e. The molecule has 1 unspecified atom stereocenters. The first-order chi connectivity index (χ1) is 18.9. The minimum atomic E-state index is -3.97. The van der Waals surface area contributed by atoms with Crippen molar-refractivity contribution in [2.24, 2.45) is 5.41 Å². The number of imidazole rings is 1. The Labute approximate surface area is 238 Å². The number of nitrogens with one attached hydrogen (secondary N) is 2. The molecule has 0 saturated carbocycles. The molecule has 3 atom stereocenters. The van der Waals surface area contributed by atoms with Crippen LogP contribution in [-0.4, -0.2) is 39.5 Å². The van der Waals surface area contributed by atoms with Crippen LogP contribution >= 0.6 is 19.4 Å². The summed E-state index contributed by atoms with van der Waals surface area (Å²) in [4.78, 5) is 28.1. The van der Waals surface area contributed by atoms with E-state index in [1.54, 1.807) is 43.8 Å². The molecule has 3 aromatic carbocycles. The van der Waals surface area contributed by atoms with Gasteiger partial charge in [0.2, 0.25) is 0 Å². The van der Waals surface area contributed by atoms with Crippen LogP contribution in [0.15, 0.2) is 73.2 Å². The predicted molar refractivity (Wildman–Crippen MR) is 154 cm³/mol. The molecule has 1 saturated heterocycles. The van der Waals surface area contributed by atoms with Crippen LogP contribution in [0.5, 0.6) is 0 Å². The molecular formula is C29H33ClN3O6P. The SMILES string of the molecule is CC1(C)COP(=O)(O)O[C@H]1c1ccccc1Cl.CC[C@](O)(c1ccc2cc(C(=O)NC)ccc2c1)c1cnc[nH]1. The average Bonchev–Trinajstić information content (AvgIpc) is 3.50. The number of rotatable bonds is 5. The summed E-state index contributed by atoms with van der Waals surface area (Å²) in [5.41, 5.74) is 1.26. The Morgan fingerprint density at radius 2 is 1.90 bits per heavy atom. The fourth-order valence-electron chi connectivity index (χ4n) is 4.62. The number of benzene rings is 3. The summed E-state index contributed by atoms with van der Waals surface area (Å²) >= 11 is 6.09. The number of hydrogen-bond donors (Lipinski definition) is 4. The third-order valence-electron chi connectivity index (χ3n) is 7.00. The van der Waals surface area contributed by atoms with Gasteiger partial charge >= 0.3 is 7.82 Å². The van der Waals surface area contributed by atoms with E-state index in [0.29, 0.717) is 28.3 Å². The highest BCUT2D eigenvalue weighted by atomic mass is 35.5. The van der Waals surface area contributed by atoms with Crippen molar-refractivity contribution in [3.63, 3.8) is 0 Å². The lowest BCUT2D eigenvalue weighted by Crippen LogP contribution is -2.33. The topological polar surface area (TPSA) is 134 Å². The number of nitrogens with zero attached hydrogens (tertiary/aromatic N) is 1. The lowest BCUT2D eigenvalue weighted by Gasteiger charge is -2.39. The zero-order chi connectivity index (χ0) is 29.1. The van der Waals surface area contributed by atoms with Gasteiger partial charge in [-0.1, -0.05) is 68.8 Å². The number of fused-ring (bicyclic) bond motifs is 1. The monoisotopic (exact) mass is 585 g/mol. The Morgan fingerprint density at radius 3 is 2.55 bits per heavy atom. The van der Waals surface area contributed by atoms with Gasteiger partial charge in [0.05, 0.1) is 24.8 Å². The van der Waals surface area contributed by atoms with E-state index < -0.39 is 24.9 Å². The maximum Gasteiger partial charge on any atom is 0.472 e. The number of aliphatic hydroxyl groups is 1. The number of carbonyl (C=O) groups excluding carboxylic acids is 1. The molecule has 1 aliphatic rings. The van der Waals surface area contributed by atoms with Crippen molar-refractivity contribution in [2.75, 3.05) is 13.7 Å². The minimum Gasteiger partial charge on any atom is -0.379 e. The van der Waals surface area contributed by atoms with E-state index in [9.17, 15) is 19.4 Å². The standard InChI is InChI=1S/C18H19N3O2.C11H14ClO4P/c1-3-18(23,16-10-20-11-21-16)15-7-6-12-8-14(17(22)19-2)5-4-13(12)9-15;1-11(2)7-15-17(13,14)16-10(11)8-5-3-4-6-9(8)12/h4-11,23H,3H2,1-2H3,(H,19,22)(H,20,21);3-6,10H,7H2,1-2H3,(H,13,14)/t18-;10-/m00/s1. The van der Waals surface area contributed by atoms with Crippen molar-refractivity contribution >= 4 is 36.1 Å².